The molecule has 33 heavy (non-hydrogen) atoms. The highest BCUT2D eigenvalue weighted by Gasteiger charge is 2.30. The van der Waals surface area contributed by atoms with Crippen molar-refractivity contribution in [1.29, 1.82) is 0 Å². The molecular weight excluding hydrogens is 441 g/mol. The summed E-state index contributed by atoms with van der Waals surface area (Å²) in [6.45, 7) is 1.50. The lowest BCUT2D eigenvalue weighted by atomic mass is 10.1. The molecule has 2 N–H and O–H groups in total. The zero-order valence-corrected chi connectivity index (χ0v) is 17.8. The van der Waals surface area contributed by atoms with Gasteiger partial charge in [0.15, 0.2) is 11.4 Å². The average Bonchev–Trinajstić information content (AvgIpc) is 3.10. The second-order valence-electron chi connectivity index (χ2n) is 6.95. The fraction of sp³-hybridized carbons (Fsp3) is 0.182. The molecule has 3 rings (SSSR count). The summed E-state index contributed by atoms with van der Waals surface area (Å²) in [5, 5.41) is 18.7. The van der Waals surface area contributed by atoms with E-state index in [1.165, 1.54) is 62.2 Å². The van der Waals surface area contributed by atoms with Gasteiger partial charge in [0.25, 0.3) is 5.91 Å². The van der Waals surface area contributed by atoms with Gasteiger partial charge < -0.3 is 9.84 Å². The van der Waals surface area contributed by atoms with Gasteiger partial charge in [-0.3, -0.25) is 9.48 Å². The molecule has 0 radical (unpaired) electrons. The third-order valence-electron chi connectivity index (χ3n) is 4.74. The van der Waals surface area contributed by atoms with Crippen LogP contribution >= 0.6 is 0 Å². The van der Waals surface area contributed by atoms with Crippen molar-refractivity contribution in [3.63, 3.8) is 0 Å². The first kappa shape index (κ1) is 23.5. The molecule has 3 aromatic rings. The van der Waals surface area contributed by atoms with Gasteiger partial charge in [-0.05, 0) is 43.3 Å². The van der Waals surface area contributed by atoms with Crippen molar-refractivity contribution in [3.8, 4) is 17.0 Å². The molecule has 172 valence electrons. The number of hydrazone groups is 1. The molecule has 0 aliphatic heterocycles. The highest BCUT2D eigenvalue weighted by atomic mass is 19.4. The van der Waals surface area contributed by atoms with E-state index in [-0.39, 0.29) is 34.0 Å². The Bertz CT molecular complexity index is 1210. The zero-order chi connectivity index (χ0) is 24.3. The van der Waals surface area contributed by atoms with Crippen LogP contribution in [0.1, 0.15) is 38.9 Å². The first-order valence-corrected chi connectivity index (χ1v) is 9.50. The summed E-state index contributed by atoms with van der Waals surface area (Å²) in [4.78, 5) is 23.8. The van der Waals surface area contributed by atoms with Crippen LogP contribution in [0, 0.1) is 0 Å². The molecule has 1 heterocycles. The Morgan fingerprint density at radius 2 is 1.64 bits per heavy atom. The molecule has 0 saturated carbocycles. The lowest BCUT2D eigenvalue weighted by molar-refractivity contribution is -0.137. The summed E-state index contributed by atoms with van der Waals surface area (Å²) in [6.07, 6.45) is -4.47. The van der Waals surface area contributed by atoms with E-state index in [0.29, 0.717) is 5.56 Å². The molecule has 0 fully saturated rings. The van der Waals surface area contributed by atoms with Crippen LogP contribution in [0.4, 0.5) is 13.2 Å². The average molecular weight is 460 g/mol. The lowest BCUT2D eigenvalue weighted by Crippen LogP contribution is -2.19. The smallest absolute Gasteiger partial charge is 0.416 e. The van der Waals surface area contributed by atoms with Crippen LogP contribution in [0.15, 0.2) is 53.6 Å². The highest BCUT2D eigenvalue weighted by Crippen LogP contribution is 2.35. The van der Waals surface area contributed by atoms with Gasteiger partial charge >= 0.3 is 12.1 Å². The van der Waals surface area contributed by atoms with E-state index in [1.54, 1.807) is 0 Å². The minimum Gasteiger partial charge on any atom is -0.504 e. The van der Waals surface area contributed by atoms with Crippen LogP contribution in [0.25, 0.3) is 11.3 Å². The number of halogens is 3. The number of carbonyl (C=O) groups is 2. The van der Waals surface area contributed by atoms with Crippen LogP contribution in [0.2, 0.25) is 0 Å². The van der Waals surface area contributed by atoms with Crippen LogP contribution in [0.3, 0.4) is 0 Å². The largest absolute Gasteiger partial charge is 0.504 e. The molecular formula is C22H19F3N4O4. The van der Waals surface area contributed by atoms with Crippen LogP contribution in [0.5, 0.6) is 5.75 Å². The molecule has 1 amide bonds. The van der Waals surface area contributed by atoms with Gasteiger partial charge in [-0.2, -0.15) is 23.4 Å². The van der Waals surface area contributed by atoms with Gasteiger partial charge in [0.2, 0.25) is 0 Å². The summed E-state index contributed by atoms with van der Waals surface area (Å²) in [5.41, 5.74) is 2.76. The second-order valence-corrected chi connectivity index (χ2v) is 6.95. The highest BCUT2D eigenvalue weighted by molar-refractivity contribution is 6.02. The maximum atomic E-state index is 12.8. The van der Waals surface area contributed by atoms with Crippen LogP contribution in [-0.2, 0) is 18.0 Å². The number of aryl methyl sites for hydroxylation is 1. The van der Waals surface area contributed by atoms with Crippen molar-refractivity contribution in [2.24, 2.45) is 12.1 Å². The van der Waals surface area contributed by atoms with Crippen LogP contribution in [-0.4, -0.2) is 39.6 Å². The Morgan fingerprint density at radius 3 is 2.18 bits per heavy atom. The Kier molecular flexibility index (Phi) is 6.52. The number of esters is 1. The predicted molar refractivity (Wildman–Crippen MR) is 113 cm³/mol. The molecule has 8 nitrogen and oxygen atoms in total. The quantitative estimate of drug-likeness (QED) is 0.343. The van der Waals surface area contributed by atoms with Crippen molar-refractivity contribution in [2.45, 2.75) is 13.1 Å². The van der Waals surface area contributed by atoms with E-state index in [1.807, 2.05) is 0 Å². The van der Waals surface area contributed by atoms with Crippen LogP contribution < -0.4 is 5.43 Å². The van der Waals surface area contributed by atoms with E-state index in [0.717, 1.165) is 12.1 Å². The molecule has 0 aliphatic carbocycles. The van der Waals surface area contributed by atoms with Gasteiger partial charge in [0, 0.05) is 18.2 Å². The van der Waals surface area contributed by atoms with Crippen molar-refractivity contribution >= 4 is 17.6 Å². The molecule has 0 unspecified atom stereocenters. The Hall–Kier alpha value is -4.15. The number of methoxy groups -OCH3 is 1. The van der Waals surface area contributed by atoms with Crippen molar-refractivity contribution < 1.29 is 32.6 Å². The molecule has 2 aromatic carbocycles. The monoisotopic (exact) mass is 460 g/mol. The third kappa shape index (κ3) is 5.03. The van der Waals surface area contributed by atoms with Gasteiger partial charge in [-0.25, -0.2) is 10.2 Å². The zero-order valence-electron chi connectivity index (χ0n) is 17.8. The third-order valence-corrected chi connectivity index (χ3v) is 4.74. The number of aromatic nitrogens is 2. The van der Waals surface area contributed by atoms with E-state index >= 15 is 0 Å². The van der Waals surface area contributed by atoms with Gasteiger partial charge in [0.05, 0.1) is 23.9 Å². The first-order chi connectivity index (χ1) is 15.5. The molecule has 1 aromatic heterocycles. The molecule has 0 saturated heterocycles. The number of nitrogens with zero attached hydrogens (tertiary/aromatic N) is 3. The number of ether oxygens (including phenoxy) is 1. The maximum Gasteiger partial charge on any atom is 0.416 e. The van der Waals surface area contributed by atoms with E-state index in [2.05, 4.69) is 20.4 Å². The second kappa shape index (κ2) is 9.15. The first-order valence-electron chi connectivity index (χ1n) is 9.50. The fourth-order valence-corrected chi connectivity index (χ4v) is 3.02. The summed E-state index contributed by atoms with van der Waals surface area (Å²) in [6, 6.07) is 9.99. The number of hydrogen-bond donors (Lipinski definition) is 2. The standard InChI is InChI=1S/C22H19F3N4O4/c1-12(26-27-20(31)14-4-6-15(7-5-14)21(32)33-3)17-19(30)18(29(2)28-17)13-8-10-16(11-9-13)22(23,24)25/h4-11,30H,1-3H3,(H,27,31)/b26-12-. The van der Waals surface area contributed by atoms with Crippen molar-refractivity contribution in [1.82, 2.24) is 15.2 Å². The molecule has 11 heteroatoms. The number of amides is 1. The van der Waals surface area contributed by atoms with Gasteiger partial charge in [-0.1, -0.05) is 12.1 Å². The molecule has 0 atom stereocenters. The van der Waals surface area contributed by atoms with E-state index < -0.39 is 23.6 Å². The normalized spacial score (nSPS) is 11.9. The lowest BCUT2D eigenvalue weighted by Gasteiger charge is -2.08. The predicted octanol–water partition coefficient (Wildman–Crippen LogP) is 3.75. The number of rotatable bonds is 5. The number of benzene rings is 2. The summed E-state index contributed by atoms with van der Waals surface area (Å²) in [5.74, 6) is -1.40. The number of aromatic hydroxyl groups is 1. The fourth-order valence-electron chi connectivity index (χ4n) is 3.02. The van der Waals surface area contributed by atoms with Gasteiger partial charge in [-0.15, -0.1) is 0 Å². The molecule has 0 bridgehead atoms. The minimum atomic E-state index is -4.47. The van der Waals surface area contributed by atoms with Crippen molar-refractivity contribution in [2.75, 3.05) is 7.11 Å². The number of carbonyl (C=O) groups excluding carboxylic acids is 2. The Morgan fingerprint density at radius 1 is 1.06 bits per heavy atom. The number of hydrogen-bond acceptors (Lipinski definition) is 6. The summed E-state index contributed by atoms with van der Waals surface area (Å²) < 4.78 is 44.3. The van der Waals surface area contributed by atoms with E-state index in [4.69, 9.17) is 0 Å². The number of nitrogens with one attached hydrogen (secondary N) is 1. The summed E-state index contributed by atoms with van der Waals surface area (Å²) >= 11 is 0. The molecule has 0 spiro atoms. The van der Waals surface area contributed by atoms with Gasteiger partial charge in [0.1, 0.15) is 5.69 Å². The minimum absolute atomic E-state index is 0.0498. The Labute approximate surface area is 186 Å². The molecule has 0 aliphatic rings. The number of alkyl halides is 3. The summed E-state index contributed by atoms with van der Waals surface area (Å²) in [7, 11) is 2.77. The SMILES string of the molecule is COC(=O)c1ccc(C(=O)N/N=C(/C)c2nn(C)c(-c3ccc(C(F)(F)F)cc3)c2O)cc1. The Balaban J connectivity index is 1.80. The topological polar surface area (TPSA) is 106 Å². The van der Waals surface area contributed by atoms with E-state index in [9.17, 15) is 27.9 Å². The maximum absolute atomic E-state index is 12.8. The van der Waals surface area contributed by atoms with Crippen molar-refractivity contribution in [3.05, 3.63) is 70.9 Å².